The molecule has 0 saturated carbocycles. The van der Waals surface area contributed by atoms with Gasteiger partial charge >= 0.3 is 0 Å². The van der Waals surface area contributed by atoms with E-state index in [1.807, 2.05) is 54.6 Å². The lowest BCUT2D eigenvalue weighted by atomic mass is 9.80. The maximum atomic E-state index is 12.2. The standard InChI is InChI=1S/C26H23NO3/c1-29-25-18-27-23(17-24(25)28)19-30-26(20-11-5-2-6-12-20,21-13-7-3-8-14-21)22-15-9-4-10-16-22/h2-16,18H,17,19H2,1H3. The number of ether oxygens (including phenoxy) is 2. The maximum Gasteiger partial charge on any atom is 0.204 e. The Bertz CT molecular complexity index is 961. The summed E-state index contributed by atoms with van der Waals surface area (Å²) in [6.07, 6.45) is 1.66. The summed E-state index contributed by atoms with van der Waals surface area (Å²) in [5.74, 6) is 0.190. The zero-order valence-corrected chi connectivity index (χ0v) is 16.8. The Balaban J connectivity index is 1.81. The fourth-order valence-electron chi connectivity index (χ4n) is 3.75. The SMILES string of the molecule is COC1=CN=C(COC(c2ccccc2)(c2ccccc2)c2ccccc2)CC1=O. The molecule has 1 heterocycles. The predicted molar refractivity (Wildman–Crippen MR) is 117 cm³/mol. The van der Waals surface area contributed by atoms with Crippen LogP contribution in [0.15, 0.2) is 108 Å². The summed E-state index contributed by atoms with van der Waals surface area (Å²) in [4.78, 5) is 16.6. The number of aliphatic imine (C=N–C) groups is 1. The molecule has 0 N–H and O–H groups in total. The van der Waals surface area contributed by atoms with Gasteiger partial charge in [0.2, 0.25) is 5.78 Å². The Morgan fingerprint density at radius 1 is 0.800 bits per heavy atom. The number of nitrogens with zero attached hydrogens (tertiary/aromatic N) is 1. The van der Waals surface area contributed by atoms with Gasteiger partial charge in [-0.05, 0) is 16.7 Å². The highest BCUT2D eigenvalue weighted by Crippen LogP contribution is 2.40. The van der Waals surface area contributed by atoms with Crippen LogP contribution in [-0.2, 0) is 19.9 Å². The third kappa shape index (κ3) is 3.82. The number of Topliss-reactive ketones (excluding diaryl/α,β-unsaturated/α-hetero) is 1. The number of allylic oxidation sites excluding steroid dienone is 1. The largest absolute Gasteiger partial charge is 0.491 e. The van der Waals surface area contributed by atoms with Crippen LogP contribution < -0.4 is 0 Å². The number of hydrogen-bond acceptors (Lipinski definition) is 4. The second kappa shape index (κ2) is 8.89. The number of carbonyl (C=O) groups is 1. The first kappa shape index (κ1) is 19.8. The van der Waals surface area contributed by atoms with Gasteiger partial charge in [0.05, 0.1) is 32.0 Å². The molecule has 3 aromatic rings. The number of ketones is 1. The predicted octanol–water partition coefficient (Wildman–Crippen LogP) is 4.90. The second-order valence-corrected chi connectivity index (χ2v) is 7.06. The highest BCUT2D eigenvalue weighted by Gasteiger charge is 2.38. The Morgan fingerprint density at radius 2 is 1.27 bits per heavy atom. The monoisotopic (exact) mass is 397 g/mol. The molecule has 0 saturated heterocycles. The maximum absolute atomic E-state index is 12.2. The Labute approximate surface area is 176 Å². The van der Waals surface area contributed by atoms with E-state index in [-0.39, 0.29) is 24.6 Å². The van der Waals surface area contributed by atoms with Gasteiger partial charge in [-0.1, -0.05) is 91.0 Å². The highest BCUT2D eigenvalue weighted by molar-refractivity contribution is 6.11. The van der Waals surface area contributed by atoms with Crippen LogP contribution in [0.2, 0.25) is 0 Å². The molecule has 0 radical (unpaired) electrons. The van der Waals surface area contributed by atoms with Crippen molar-refractivity contribution in [3.8, 4) is 0 Å². The lowest BCUT2D eigenvalue weighted by Gasteiger charge is -2.36. The van der Waals surface area contributed by atoms with E-state index in [1.165, 1.54) is 13.3 Å². The molecule has 0 fully saturated rings. The van der Waals surface area contributed by atoms with Crippen LogP contribution in [0.4, 0.5) is 0 Å². The molecular formula is C26H23NO3. The van der Waals surface area contributed by atoms with Gasteiger partial charge in [-0.2, -0.15) is 0 Å². The Morgan fingerprint density at radius 3 is 1.67 bits per heavy atom. The van der Waals surface area contributed by atoms with Crippen molar-refractivity contribution in [1.29, 1.82) is 0 Å². The molecule has 4 heteroatoms. The lowest BCUT2D eigenvalue weighted by Crippen LogP contribution is -2.35. The van der Waals surface area contributed by atoms with E-state index in [0.717, 1.165) is 16.7 Å². The van der Waals surface area contributed by atoms with E-state index in [1.54, 1.807) is 0 Å². The van der Waals surface area contributed by atoms with Crippen LogP contribution in [-0.4, -0.2) is 25.2 Å². The zero-order valence-electron chi connectivity index (χ0n) is 16.8. The molecule has 1 aliphatic heterocycles. The van der Waals surface area contributed by atoms with Crippen LogP contribution in [0.1, 0.15) is 23.1 Å². The lowest BCUT2D eigenvalue weighted by molar-refractivity contribution is -0.117. The minimum absolute atomic E-state index is 0.0872. The molecule has 0 bridgehead atoms. The molecular weight excluding hydrogens is 374 g/mol. The third-order valence-corrected chi connectivity index (χ3v) is 5.22. The summed E-state index contributed by atoms with van der Waals surface area (Å²) < 4.78 is 11.8. The minimum Gasteiger partial charge on any atom is -0.491 e. The number of methoxy groups -OCH3 is 1. The van der Waals surface area contributed by atoms with Gasteiger partial charge in [-0.3, -0.25) is 9.79 Å². The van der Waals surface area contributed by atoms with Gasteiger partial charge in [0.15, 0.2) is 5.76 Å². The first-order chi connectivity index (χ1) is 14.7. The number of benzene rings is 3. The molecule has 4 nitrogen and oxygen atoms in total. The fraction of sp³-hybridized carbons (Fsp3) is 0.154. The van der Waals surface area contributed by atoms with Crippen LogP contribution in [0.25, 0.3) is 0 Å². The van der Waals surface area contributed by atoms with Crippen LogP contribution in [0.3, 0.4) is 0 Å². The highest BCUT2D eigenvalue weighted by atomic mass is 16.5. The molecule has 0 amide bonds. The van der Waals surface area contributed by atoms with Crippen molar-refractivity contribution in [2.45, 2.75) is 12.0 Å². The summed E-state index contributed by atoms with van der Waals surface area (Å²) in [5, 5.41) is 0. The number of carbonyl (C=O) groups excluding carboxylic acids is 1. The van der Waals surface area contributed by atoms with Gasteiger partial charge in [-0.15, -0.1) is 0 Å². The van der Waals surface area contributed by atoms with Crippen molar-refractivity contribution >= 4 is 11.5 Å². The summed E-state index contributed by atoms with van der Waals surface area (Å²) in [6, 6.07) is 30.4. The molecule has 0 unspecified atom stereocenters. The molecule has 0 aromatic heterocycles. The molecule has 4 rings (SSSR count). The van der Waals surface area contributed by atoms with Gasteiger partial charge in [0, 0.05) is 0 Å². The molecule has 0 spiro atoms. The second-order valence-electron chi connectivity index (χ2n) is 7.06. The molecule has 150 valence electrons. The Kier molecular flexibility index (Phi) is 5.87. The zero-order chi connectivity index (χ0) is 20.8. The van der Waals surface area contributed by atoms with Gasteiger partial charge < -0.3 is 9.47 Å². The quantitative estimate of drug-likeness (QED) is 0.533. The third-order valence-electron chi connectivity index (χ3n) is 5.22. The van der Waals surface area contributed by atoms with Crippen LogP contribution in [0, 0.1) is 0 Å². The van der Waals surface area contributed by atoms with Gasteiger partial charge in [0.25, 0.3) is 0 Å². The van der Waals surface area contributed by atoms with Crippen molar-refractivity contribution in [1.82, 2.24) is 0 Å². The molecule has 0 atom stereocenters. The molecule has 30 heavy (non-hydrogen) atoms. The summed E-state index contributed by atoms with van der Waals surface area (Å²) in [7, 11) is 1.48. The van der Waals surface area contributed by atoms with Crippen LogP contribution in [0.5, 0.6) is 0 Å². The van der Waals surface area contributed by atoms with E-state index in [0.29, 0.717) is 5.71 Å². The topological polar surface area (TPSA) is 47.9 Å². The van der Waals surface area contributed by atoms with Gasteiger partial charge in [0.1, 0.15) is 5.60 Å². The summed E-state index contributed by atoms with van der Waals surface area (Å²) >= 11 is 0. The number of rotatable bonds is 7. The van der Waals surface area contributed by atoms with Crippen LogP contribution >= 0.6 is 0 Å². The van der Waals surface area contributed by atoms with E-state index in [2.05, 4.69) is 41.4 Å². The van der Waals surface area contributed by atoms with Crippen molar-refractivity contribution < 1.29 is 14.3 Å². The number of hydrogen-bond donors (Lipinski definition) is 0. The molecule has 1 aliphatic rings. The van der Waals surface area contributed by atoms with E-state index in [9.17, 15) is 4.79 Å². The fourth-order valence-corrected chi connectivity index (χ4v) is 3.75. The normalized spacial score (nSPS) is 14.1. The average molecular weight is 397 g/mol. The first-order valence-electron chi connectivity index (χ1n) is 9.87. The summed E-state index contributed by atoms with van der Waals surface area (Å²) in [5.41, 5.74) is 2.88. The summed E-state index contributed by atoms with van der Waals surface area (Å²) in [6.45, 7) is 0.220. The Hall–Kier alpha value is -3.50. The van der Waals surface area contributed by atoms with Gasteiger partial charge in [-0.25, -0.2) is 0 Å². The minimum atomic E-state index is -0.833. The van der Waals surface area contributed by atoms with E-state index >= 15 is 0 Å². The molecule has 0 aliphatic carbocycles. The average Bonchev–Trinajstić information content (AvgIpc) is 2.82. The van der Waals surface area contributed by atoms with Crippen molar-refractivity contribution in [2.24, 2.45) is 4.99 Å². The van der Waals surface area contributed by atoms with E-state index < -0.39 is 5.60 Å². The smallest absolute Gasteiger partial charge is 0.204 e. The van der Waals surface area contributed by atoms with Crippen molar-refractivity contribution in [3.05, 3.63) is 120 Å². The molecule has 3 aromatic carbocycles. The van der Waals surface area contributed by atoms with E-state index in [4.69, 9.17) is 9.47 Å². The first-order valence-corrected chi connectivity index (χ1v) is 9.87. The van der Waals surface area contributed by atoms with Crippen molar-refractivity contribution in [3.63, 3.8) is 0 Å². The van der Waals surface area contributed by atoms with Crippen molar-refractivity contribution in [2.75, 3.05) is 13.7 Å².